The third-order valence-corrected chi connectivity index (χ3v) is 5.23. The van der Waals surface area contributed by atoms with E-state index in [9.17, 15) is 40.3 Å². The maximum Gasteiger partial charge on any atom is 0.501 e. The van der Waals surface area contributed by atoms with E-state index < -0.39 is 49.8 Å². The van der Waals surface area contributed by atoms with Gasteiger partial charge in [0.05, 0.1) is 11.4 Å². The number of hydrogen-bond acceptors (Lipinski definition) is 5. The Kier molecular flexibility index (Phi) is 5.21. The molecule has 2 N–H and O–H groups in total. The topological polar surface area (TPSA) is 92.7 Å². The van der Waals surface area contributed by atoms with Gasteiger partial charge in [0.1, 0.15) is 18.5 Å². The summed E-state index contributed by atoms with van der Waals surface area (Å²) in [6.45, 7) is 1.02. The number of halogens is 5. The van der Waals surface area contributed by atoms with E-state index in [4.69, 9.17) is 4.74 Å². The van der Waals surface area contributed by atoms with Gasteiger partial charge in [0.25, 0.3) is 15.8 Å². The molecule has 1 aromatic carbocycles. The third-order valence-electron chi connectivity index (χ3n) is 3.69. The van der Waals surface area contributed by atoms with Gasteiger partial charge in [-0.3, -0.25) is 4.79 Å². The molecule has 0 bridgehead atoms. The van der Waals surface area contributed by atoms with Gasteiger partial charge in [0.15, 0.2) is 0 Å². The summed E-state index contributed by atoms with van der Waals surface area (Å²) >= 11 is 0. The number of ether oxygens (including phenoxy) is 1. The van der Waals surface area contributed by atoms with E-state index in [1.807, 2.05) is 0 Å². The number of carbonyl (C=O) groups excluding carboxylic acids is 1. The lowest BCUT2D eigenvalue weighted by atomic mass is 10.1. The zero-order valence-electron chi connectivity index (χ0n) is 13.2. The zero-order chi connectivity index (χ0) is 19.9. The normalized spacial score (nSPS) is 19.1. The number of alkyl halides is 5. The van der Waals surface area contributed by atoms with Crippen LogP contribution in [0.15, 0.2) is 17.0 Å². The highest BCUT2D eigenvalue weighted by Crippen LogP contribution is 2.50. The molecule has 1 aliphatic rings. The Morgan fingerprint density at radius 1 is 1.38 bits per heavy atom. The smallest absolute Gasteiger partial charge is 0.491 e. The molecule has 1 aliphatic carbocycles. The van der Waals surface area contributed by atoms with Crippen LogP contribution >= 0.6 is 0 Å². The van der Waals surface area contributed by atoms with Crippen LogP contribution in [-0.4, -0.2) is 44.0 Å². The number of rotatable bonds is 5. The van der Waals surface area contributed by atoms with Gasteiger partial charge >= 0.3 is 5.51 Å². The van der Waals surface area contributed by atoms with E-state index in [0.717, 1.165) is 6.07 Å². The molecule has 0 saturated carbocycles. The van der Waals surface area contributed by atoms with Crippen molar-refractivity contribution in [3.8, 4) is 5.75 Å². The number of benzene rings is 1. The number of fused-ring (bicyclic) bond motifs is 1. The zero-order valence-corrected chi connectivity index (χ0v) is 14.0. The van der Waals surface area contributed by atoms with Crippen molar-refractivity contribution in [3.63, 3.8) is 0 Å². The van der Waals surface area contributed by atoms with Crippen LogP contribution in [0, 0.1) is 0 Å². The Morgan fingerprint density at radius 2 is 2.00 bits per heavy atom. The molecule has 0 fully saturated rings. The highest BCUT2D eigenvalue weighted by Gasteiger charge is 2.55. The van der Waals surface area contributed by atoms with Crippen LogP contribution in [0.3, 0.4) is 0 Å². The lowest BCUT2D eigenvalue weighted by molar-refractivity contribution is -0.119. The largest absolute Gasteiger partial charge is 0.501 e. The molecule has 6 nitrogen and oxygen atoms in total. The van der Waals surface area contributed by atoms with Crippen molar-refractivity contribution < 1.29 is 45.0 Å². The maximum absolute atomic E-state index is 13.8. The van der Waals surface area contributed by atoms with Crippen LogP contribution in [0.5, 0.6) is 5.75 Å². The number of hydrogen-bond donors (Lipinski definition) is 2. The summed E-state index contributed by atoms with van der Waals surface area (Å²) < 4.78 is 94.5. The summed E-state index contributed by atoms with van der Waals surface area (Å²) in [4.78, 5) is 9.32. The first kappa shape index (κ1) is 20.4. The number of carbonyl (C=O) groups is 1. The molecule has 1 atom stereocenters. The minimum Gasteiger partial charge on any atom is -0.491 e. The lowest BCUT2D eigenvalue weighted by Crippen LogP contribution is -2.27. The van der Waals surface area contributed by atoms with Gasteiger partial charge in [-0.1, -0.05) is 0 Å². The van der Waals surface area contributed by atoms with Crippen molar-refractivity contribution in [1.82, 2.24) is 5.32 Å². The monoisotopic (exact) mass is 403 g/mol. The number of amides is 1. The molecule has 0 saturated heterocycles. The molecule has 1 amide bonds. The fourth-order valence-electron chi connectivity index (χ4n) is 2.53. The van der Waals surface area contributed by atoms with Crippen molar-refractivity contribution in [2.24, 2.45) is 0 Å². The summed E-state index contributed by atoms with van der Waals surface area (Å²) in [7, 11) is -5.94. The number of aliphatic hydroxyl groups excluding tert-OH is 1. The van der Waals surface area contributed by atoms with Crippen LogP contribution in [0.25, 0.3) is 0 Å². The summed E-state index contributed by atoms with van der Waals surface area (Å²) in [5.41, 5.74) is -7.26. The Bertz CT molecular complexity index is 822. The van der Waals surface area contributed by atoms with Crippen LogP contribution in [0.2, 0.25) is 0 Å². The van der Waals surface area contributed by atoms with Crippen LogP contribution in [0.4, 0.5) is 22.0 Å². The molecule has 146 valence electrons. The standard InChI is InChI=1S/C14H14F5NO5S/c1-7(21)20-4-5-25-9-2-3-10(26(23,24)14(17,18)19)11-8(9)6-13(15,16)12(11)22/h2-3,12,22H,4-6H2,1H3,(H,20,21). The molecule has 1 unspecified atom stereocenters. The molecule has 26 heavy (non-hydrogen) atoms. The van der Waals surface area contributed by atoms with E-state index in [2.05, 4.69) is 5.32 Å². The average molecular weight is 403 g/mol. The molecule has 1 aromatic rings. The first-order chi connectivity index (χ1) is 11.8. The van der Waals surface area contributed by atoms with E-state index in [-0.39, 0.29) is 24.8 Å². The van der Waals surface area contributed by atoms with E-state index in [0.29, 0.717) is 6.07 Å². The van der Waals surface area contributed by atoms with Gasteiger partial charge in [0, 0.05) is 24.5 Å². The van der Waals surface area contributed by atoms with Crippen molar-refractivity contribution in [3.05, 3.63) is 23.3 Å². The first-order valence-corrected chi connectivity index (χ1v) is 8.67. The van der Waals surface area contributed by atoms with E-state index in [1.165, 1.54) is 6.92 Å². The van der Waals surface area contributed by atoms with Crippen LogP contribution in [0.1, 0.15) is 24.2 Å². The maximum atomic E-state index is 13.8. The van der Waals surface area contributed by atoms with Crippen LogP contribution < -0.4 is 10.1 Å². The molecule has 0 aliphatic heterocycles. The SMILES string of the molecule is CC(=O)NCCOc1ccc(S(=O)(=O)C(F)(F)F)c2c1CC(F)(F)C2O. The predicted octanol–water partition coefficient (Wildman–Crippen LogP) is 1.72. The van der Waals surface area contributed by atoms with Gasteiger partial charge in [0.2, 0.25) is 5.91 Å². The van der Waals surface area contributed by atoms with Crippen molar-refractivity contribution >= 4 is 15.7 Å². The minimum atomic E-state index is -5.94. The van der Waals surface area contributed by atoms with Gasteiger partial charge in [-0.2, -0.15) is 13.2 Å². The summed E-state index contributed by atoms with van der Waals surface area (Å²) in [6, 6.07) is 1.29. The molecule has 0 heterocycles. The second kappa shape index (κ2) is 6.65. The summed E-state index contributed by atoms with van der Waals surface area (Å²) in [5.74, 6) is -4.52. The highest BCUT2D eigenvalue weighted by atomic mass is 32.2. The first-order valence-electron chi connectivity index (χ1n) is 7.19. The van der Waals surface area contributed by atoms with E-state index >= 15 is 0 Å². The fourth-order valence-corrected chi connectivity index (χ4v) is 3.55. The second-order valence-corrected chi connectivity index (χ2v) is 7.48. The van der Waals surface area contributed by atoms with Crippen molar-refractivity contribution in [1.29, 1.82) is 0 Å². The quantitative estimate of drug-likeness (QED) is 0.577. The van der Waals surface area contributed by atoms with Gasteiger partial charge in [-0.15, -0.1) is 0 Å². The fraction of sp³-hybridized carbons (Fsp3) is 0.500. The molecule has 0 spiro atoms. The summed E-state index contributed by atoms with van der Waals surface area (Å²) in [5, 5.41) is 12.1. The predicted molar refractivity (Wildman–Crippen MR) is 77.5 cm³/mol. The minimum absolute atomic E-state index is 0.00828. The van der Waals surface area contributed by atoms with Crippen molar-refractivity contribution in [2.45, 2.75) is 35.8 Å². The number of sulfone groups is 1. The van der Waals surface area contributed by atoms with Crippen molar-refractivity contribution in [2.75, 3.05) is 13.2 Å². The van der Waals surface area contributed by atoms with Gasteiger partial charge in [-0.05, 0) is 12.1 Å². The average Bonchev–Trinajstić information content (AvgIpc) is 2.73. The second-order valence-electron chi connectivity index (χ2n) is 5.58. The Hall–Kier alpha value is -1.95. The lowest BCUT2D eigenvalue weighted by Gasteiger charge is -2.17. The molecule has 2 rings (SSSR count). The molecule has 0 aromatic heterocycles. The Labute approximate surface area is 144 Å². The molecular formula is C14H14F5NO5S. The highest BCUT2D eigenvalue weighted by molar-refractivity contribution is 7.92. The van der Waals surface area contributed by atoms with Gasteiger partial charge < -0.3 is 15.2 Å². The Morgan fingerprint density at radius 3 is 2.54 bits per heavy atom. The number of nitrogens with one attached hydrogen (secondary N) is 1. The molecule has 0 radical (unpaired) electrons. The number of aliphatic hydroxyl groups is 1. The summed E-state index contributed by atoms with van der Waals surface area (Å²) in [6.07, 6.45) is -3.90. The van der Waals surface area contributed by atoms with Gasteiger partial charge in [-0.25, -0.2) is 17.2 Å². The Balaban J connectivity index is 2.47. The van der Waals surface area contributed by atoms with Crippen LogP contribution in [-0.2, 0) is 21.1 Å². The third kappa shape index (κ3) is 3.61. The molecular weight excluding hydrogens is 389 g/mol. The molecule has 12 heteroatoms. The van der Waals surface area contributed by atoms with E-state index in [1.54, 1.807) is 0 Å².